The SMILES string of the molecule is CCCS(=O)(=O)Cl.CCCS(=O)(=O)N1CCC(n2cc(-c3cnc4[nH]cc(-c5cc(F)cc(F)c5OC)c4c3)cn2)CC1.COc1c(F)cc(F)cc1-c1c[nH]c2ncc(-c3cnn(C4CCNCC4)c3)cc12. The Kier molecular flexibility index (Phi) is 16.6. The van der Waals surface area contributed by atoms with Gasteiger partial charge >= 0.3 is 0 Å². The third-order valence-electron chi connectivity index (χ3n) is 12.7. The minimum atomic E-state index is -3.20. The highest BCUT2D eigenvalue weighted by atomic mass is 35.7. The maximum atomic E-state index is 14.3. The lowest BCUT2D eigenvalue weighted by Crippen LogP contribution is -2.40. The van der Waals surface area contributed by atoms with Crippen molar-refractivity contribution < 1.29 is 43.9 Å². The highest BCUT2D eigenvalue weighted by molar-refractivity contribution is 8.13. The van der Waals surface area contributed by atoms with Crippen LogP contribution in [0.1, 0.15) is 64.5 Å². The molecule has 0 bridgehead atoms. The highest BCUT2D eigenvalue weighted by Crippen LogP contribution is 2.40. The average Bonchev–Trinajstić information content (AvgIpc) is 4.21. The first-order valence-electron chi connectivity index (χ1n) is 23.7. The predicted molar refractivity (Wildman–Crippen MR) is 273 cm³/mol. The van der Waals surface area contributed by atoms with Crippen molar-refractivity contribution in [3.05, 3.63) is 109 Å². The van der Waals surface area contributed by atoms with Crippen LogP contribution in [0.2, 0.25) is 0 Å². The molecule has 0 unspecified atom stereocenters. The van der Waals surface area contributed by atoms with Gasteiger partial charge in [0.1, 0.15) is 22.9 Å². The third kappa shape index (κ3) is 12.2. The zero-order chi connectivity index (χ0) is 52.0. The number of benzene rings is 2. The number of halogens is 5. The van der Waals surface area contributed by atoms with Crippen molar-refractivity contribution in [1.29, 1.82) is 0 Å². The van der Waals surface area contributed by atoms with Gasteiger partial charge in [0, 0.05) is 128 Å². The largest absolute Gasteiger partial charge is 0.493 e. The van der Waals surface area contributed by atoms with Crippen LogP contribution in [0.5, 0.6) is 11.5 Å². The fourth-order valence-electron chi connectivity index (χ4n) is 9.16. The Morgan fingerprint density at radius 2 is 1.07 bits per heavy atom. The third-order valence-corrected chi connectivity index (χ3v) is 16.2. The van der Waals surface area contributed by atoms with Crippen molar-refractivity contribution in [3.63, 3.8) is 0 Å². The maximum Gasteiger partial charge on any atom is 0.232 e. The van der Waals surface area contributed by atoms with E-state index in [2.05, 4.69) is 35.5 Å². The normalized spacial score (nSPS) is 15.0. The van der Waals surface area contributed by atoms with Crippen LogP contribution in [-0.2, 0) is 19.1 Å². The molecule has 2 aliphatic heterocycles. The molecule has 73 heavy (non-hydrogen) atoms. The molecule has 388 valence electrons. The van der Waals surface area contributed by atoms with Gasteiger partial charge in [-0.3, -0.25) is 9.36 Å². The minimum absolute atomic E-state index is 0.00132. The van der Waals surface area contributed by atoms with E-state index in [1.54, 1.807) is 42.2 Å². The van der Waals surface area contributed by atoms with Gasteiger partial charge in [-0.1, -0.05) is 13.8 Å². The van der Waals surface area contributed by atoms with E-state index in [1.165, 1.54) is 26.4 Å². The lowest BCUT2D eigenvalue weighted by Gasteiger charge is -2.31. The van der Waals surface area contributed by atoms with E-state index in [0.717, 1.165) is 65.7 Å². The monoisotopic (exact) mass is 1070 g/mol. The lowest BCUT2D eigenvalue weighted by molar-refractivity contribution is 0.261. The standard InChI is InChI=1S/C25H27F2N5O3S.C22H21F2N5O.C3H7ClO2S/c1-3-8-36(33,34)31-6-4-19(5-7-31)32-15-17(13-30-32)16-9-21-22(14-29-25(21)28-12-16)20-10-18(26)11-23(27)24(20)35-2;1-30-21-17(7-15(23)8-20(21)24)19-11-27-22-18(19)6-13(9-26-22)14-10-28-29(12-14)16-2-4-25-5-3-16;1-2-3-7(4,5)6/h9-15,19H,3-8H2,1-2H3,(H,28,29);6-12,16,25H,2-5H2,1H3,(H,26,27);2-3H2,1H3. The summed E-state index contributed by atoms with van der Waals surface area (Å²) in [7, 11) is 1.12. The van der Waals surface area contributed by atoms with Crippen molar-refractivity contribution in [2.75, 3.05) is 51.9 Å². The molecule has 23 heteroatoms. The van der Waals surface area contributed by atoms with Crippen LogP contribution in [0.15, 0.2) is 86.0 Å². The van der Waals surface area contributed by atoms with E-state index >= 15 is 0 Å². The van der Waals surface area contributed by atoms with E-state index in [0.29, 0.717) is 83.7 Å². The van der Waals surface area contributed by atoms with Crippen LogP contribution < -0.4 is 14.8 Å². The molecule has 8 heterocycles. The Morgan fingerprint density at radius 3 is 1.48 bits per heavy atom. The minimum Gasteiger partial charge on any atom is -0.493 e. The van der Waals surface area contributed by atoms with Gasteiger partial charge in [-0.15, -0.1) is 0 Å². The van der Waals surface area contributed by atoms with Crippen LogP contribution in [0.3, 0.4) is 0 Å². The molecule has 0 spiro atoms. The van der Waals surface area contributed by atoms with Gasteiger partial charge in [0.15, 0.2) is 23.1 Å². The van der Waals surface area contributed by atoms with E-state index in [4.69, 9.17) is 20.2 Å². The number of pyridine rings is 2. The van der Waals surface area contributed by atoms with Gasteiger partial charge in [0.2, 0.25) is 19.1 Å². The first kappa shape index (κ1) is 53.0. The van der Waals surface area contributed by atoms with Crippen LogP contribution in [0.25, 0.3) is 66.6 Å². The van der Waals surface area contributed by atoms with Crippen molar-refractivity contribution in [1.82, 2.24) is 49.1 Å². The second-order valence-corrected chi connectivity index (χ2v) is 22.7. The molecule has 0 atom stereocenters. The summed E-state index contributed by atoms with van der Waals surface area (Å²) in [6.45, 7) is 6.58. The number of H-pyrrole nitrogens is 2. The van der Waals surface area contributed by atoms with Gasteiger partial charge in [-0.2, -0.15) is 10.2 Å². The van der Waals surface area contributed by atoms with Crippen LogP contribution in [-0.4, -0.2) is 113 Å². The Hall–Kier alpha value is -6.33. The molecule has 2 aromatic carbocycles. The molecular weight excluding hydrogens is 1010 g/mol. The number of piperidine rings is 2. The molecule has 0 saturated carbocycles. The number of aromatic nitrogens is 8. The molecule has 10 rings (SSSR count). The number of sulfonamides is 1. The van der Waals surface area contributed by atoms with Crippen molar-refractivity contribution >= 4 is 51.8 Å². The molecule has 3 N–H and O–H groups in total. The number of ether oxygens (including phenoxy) is 2. The maximum absolute atomic E-state index is 14.3. The fourth-order valence-corrected chi connectivity index (χ4v) is 11.7. The first-order valence-corrected chi connectivity index (χ1v) is 27.8. The molecule has 8 aromatic rings. The van der Waals surface area contributed by atoms with E-state index in [9.17, 15) is 34.4 Å². The molecule has 2 saturated heterocycles. The number of aromatic amines is 2. The summed E-state index contributed by atoms with van der Waals surface area (Å²) < 4.78 is 117. The zero-order valence-electron chi connectivity index (χ0n) is 40.5. The summed E-state index contributed by atoms with van der Waals surface area (Å²) in [6.07, 6.45) is 19.0. The topological polar surface area (TPSA) is 195 Å². The molecular formula is C50H55ClF4N10O6S2. The summed E-state index contributed by atoms with van der Waals surface area (Å²) >= 11 is 0. The Morgan fingerprint density at radius 1 is 0.616 bits per heavy atom. The first-order chi connectivity index (χ1) is 35.0. The van der Waals surface area contributed by atoms with Crippen LogP contribution >= 0.6 is 10.7 Å². The zero-order valence-corrected chi connectivity index (χ0v) is 42.9. The molecule has 0 radical (unpaired) electrons. The number of methoxy groups -OCH3 is 2. The van der Waals surface area contributed by atoms with Gasteiger partial charge in [0.05, 0.1) is 50.2 Å². The molecule has 2 aliphatic rings. The van der Waals surface area contributed by atoms with Crippen molar-refractivity contribution in [3.8, 4) is 56.0 Å². The Balaban J connectivity index is 0.000000174. The second-order valence-electron chi connectivity index (χ2n) is 17.7. The molecule has 0 aliphatic carbocycles. The summed E-state index contributed by atoms with van der Waals surface area (Å²) in [5, 5.41) is 13.9. The molecule has 16 nitrogen and oxygen atoms in total. The van der Waals surface area contributed by atoms with Gasteiger partial charge in [-0.25, -0.2) is 48.7 Å². The Bertz CT molecular complexity index is 3440. The van der Waals surface area contributed by atoms with Crippen LogP contribution in [0.4, 0.5) is 17.6 Å². The quantitative estimate of drug-likeness (QED) is 0.0735. The second kappa shape index (κ2) is 22.8. The van der Waals surface area contributed by atoms with E-state index in [1.807, 2.05) is 47.0 Å². The number of hydrogen-bond acceptors (Lipinski definition) is 11. The Labute approximate surface area is 424 Å². The number of nitrogens with zero attached hydrogens (tertiary/aromatic N) is 7. The van der Waals surface area contributed by atoms with Gasteiger partial charge in [-0.05, 0) is 75.9 Å². The number of fused-ring (bicyclic) bond motifs is 2. The number of nitrogens with one attached hydrogen (secondary N) is 3. The molecule has 6 aromatic heterocycles. The van der Waals surface area contributed by atoms with E-state index < -0.39 is 42.3 Å². The summed E-state index contributed by atoms with van der Waals surface area (Å²) in [6, 6.07) is 8.46. The van der Waals surface area contributed by atoms with Gasteiger partial charge < -0.3 is 24.8 Å². The summed E-state index contributed by atoms with van der Waals surface area (Å²) in [4.78, 5) is 15.1. The fraction of sp³-hybridized carbons (Fsp3) is 0.360. The molecule has 0 amide bonds. The number of rotatable bonds is 13. The van der Waals surface area contributed by atoms with E-state index in [-0.39, 0.29) is 29.0 Å². The summed E-state index contributed by atoms with van der Waals surface area (Å²) in [5.74, 6) is -2.66. The smallest absolute Gasteiger partial charge is 0.232 e. The lowest BCUT2D eigenvalue weighted by atomic mass is 10.0. The number of hydrogen-bond donors (Lipinski definition) is 3. The molecule has 2 fully saturated rings. The van der Waals surface area contributed by atoms with Gasteiger partial charge in [0.25, 0.3) is 0 Å². The van der Waals surface area contributed by atoms with Crippen LogP contribution in [0, 0.1) is 23.3 Å². The van der Waals surface area contributed by atoms with Crippen molar-refractivity contribution in [2.45, 2.75) is 64.5 Å². The predicted octanol–water partition coefficient (Wildman–Crippen LogP) is 10.0. The summed E-state index contributed by atoms with van der Waals surface area (Å²) in [5.41, 5.74) is 6.52. The van der Waals surface area contributed by atoms with Crippen molar-refractivity contribution in [2.24, 2.45) is 0 Å². The highest BCUT2D eigenvalue weighted by Gasteiger charge is 2.29. The average molecular weight is 1070 g/mol.